The topological polar surface area (TPSA) is 87.4 Å². The van der Waals surface area contributed by atoms with E-state index in [4.69, 9.17) is 4.52 Å². The van der Waals surface area contributed by atoms with Gasteiger partial charge in [-0.05, 0) is 17.7 Å². The van der Waals surface area contributed by atoms with Gasteiger partial charge in [-0.2, -0.15) is 13.2 Å². The molecule has 0 atom stereocenters. The molecule has 4 heterocycles. The maximum Gasteiger partial charge on any atom is 0.433 e. The fraction of sp³-hybridized carbons (Fsp3) is 0.280. The fourth-order valence-corrected chi connectivity index (χ4v) is 4.27. The number of halogens is 3. The van der Waals surface area contributed by atoms with E-state index in [2.05, 4.69) is 30.2 Å². The first kappa shape index (κ1) is 23.7. The molecule has 0 radical (unpaired) electrons. The number of rotatable bonds is 6. The van der Waals surface area contributed by atoms with Gasteiger partial charge < -0.3 is 14.7 Å². The van der Waals surface area contributed by atoms with Crippen molar-refractivity contribution in [3.63, 3.8) is 0 Å². The molecule has 1 amide bonds. The summed E-state index contributed by atoms with van der Waals surface area (Å²) >= 11 is 0. The molecular weight excluding hydrogens is 473 g/mol. The molecule has 186 valence electrons. The van der Waals surface area contributed by atoms with E-state index < -0.39 is 11.9 Å². The lowest BCUT2D eigenvalue weighted by atomic mass is 10.0. The number of pyridine rings is 2. The van der Waals surface area contributed by atoms with Crippen LogP contribution in [-0.4, -0.2) is 65.2 Å². The predicted octanol–water partition coefficient (Wildman–Crippen LogP) is 3.86. The van der Waals surface area contributed by atoms with E-state index in [1.165, 1.54) is 18.3 Å². The summed E-state index contributed by atoms with van der Waals surface area (Å²) in [5.74, 6) is 0.467. The molecule has 0 aliphatic carbocycles. The number of hydrogen-bond donors (Lipinski definition) is 1. The molecule has 8 nitrogen and oxygen atoms in total. The number of fused-ring (bicyclic) bond motifs is 1. The van der Waals surface area contributed by atoms with Gasteiger partial charge in [0.05, 0.1) is 11.7 Å². The lowest BCUT2D eigenvalue weighted by molar-refractivity contribution is -0.140. The second-order valence-corrected chi connectivity index (χ2v) is 8.41. The van der Waals surface area contributed by atoms with Gasteiger partial charge >= 0.3 is 6.18 Å². The van der Waals surface area contributed by atoms with Crippen molar-refractivity contribution in [3.8, 4) is 11.1 Å². The summed E-state index contributed by atoms with van der Waals surface area (Å²) in [7, 11) is 0. The Morgan fingerprint density at radius 2 is 1.81 bits per heavy atom. The van der Waals surface area contributed by atoms with Crippen LogP contribution >= 0.6 is 0 Å². The normalized spacial score (nSPS) is 14.8. The van der Waals surface area contributed by atoms with Gasteiger partial charge in [0, 0.05) is 62.5 Å². The SMILES string of the molecule is O=C(NCCN1CCN(c2ncc(-c3ccccc3)c3nc(C(F)(F)F)ccc23)CC1)c1ccno1. The van der Waals surface area contributed by atoms with Gasteiger partial charge in [-0.1, -0.05) is 35.5 Å². The quantitative estimate of drug-likeness (QED) is 0.434. The minimum absolute atomic E-state index is 0.166. The molecule has 0 bridgehead atoms. The highest BCUT2D eigenvalue weighted by Crippen LogP contribution is 2.36. The minimum atomic E-state index is -4.54. The Labute approximate surface area is 204 Å². The van der Waals surface area contributed by atoms with Crippen LogP contribution in [-0.2, 0) is 6.18 Å². The largest absolute Gasteiger partial charge is 0.433 e. The number of nitrogens with one attached hydrogen (secondary N) is 1. The van der Waals surface area contributed by atoms with Crippen LogP contribution in [0.4, 0.5) is 19.0 Å². The van der Waals surface area contributed by atoms with Crippen LogP contribution in [0.15, 0.2) is 65.4 Å². The Morgan fingerprint density at radius 1 is 1.03 bits per heavy atom. The summed E-state index contributed by atoms with van der Waals surface area (Å²) in [6.45, 7) is 3.83. The van der Waals surface area contributed by atoms with Crippen LogP contribution in [0.2, 0.25) is 0 Å². The third-order valence-electron chi connectivity index (χ3n) is 6.13. The zero-order valence-electron chi connectivity index (χ0n) is 19.2. The zero-order valence-corrected chi connectivity index (χ0v) is 19.2. The zero-order chi connectivity index (χ0) is 25.1. The van der Waals surface area contributed by atoms with E-state index in [0.29, 0.717) is 42.9 Å². The molecule has 1 aromatic carbocycles. The van der Waals surface area contributed by atoms with Gasteiger partial charge in [0.15, 0.2) is 0 Å². The number of amides is 1. The van der Waals surface area contributed by atoms with Gasteiger partial charge in [0.1, 0.15) is 11.5 Å². The smallest absolute Gasteiger partial charge is 0.353 e. The molecular formula is C25H23F3N6O2. The molecule has 1 aliphatic rings. The Kier molecular flexibility index (Phi) is 6.55. The Bertz CT molecular complexity index is 1340. The molecule has 0 saturated carbocycles. The second kappa shape index (κ2) is 9.94. The van der Waals surface area contributed by atoms with Gasteiger partial charge in [0.25, 0.3) is 5.91 Å². The molecule has 0 spiro atoms. The first-order valence-corrected chi connectivity index (χ1v) is 11.5. The lowest BCUT2D eigenvalue weighted by Crippen LogP contribution is -2.48. The third-order valence-corrected chi connectivity index (χ3v) is 6.13. The Morgan fingerprint density at radius 3 is 2.50 bits per heavy atom. The van der Waals surface area contributed by atoms with Crippen molar-refractivity contribution in [1.82, 2.24) is 25.3 Å². The number of aromatic nitrogens is 3. The number of carbonyl (C=O) groups is 1. The highest BCUT2D eigenvalue weighted by atomic mass is 19.4. The van der Waals surface area contributed by atoms with Crippen LogP contribution < -0.4 is 10.2 Å². The molecule has 11 heteroatoms. The van der Waals surface area contributed by atoms with Gasteiger partial charge in [-0.3, -0.25) is 9.69 Å². The van der Waals surface area contributed by atoms with E-state index in [-0.39, 0.29) is 17.2 Å². The molecule has 36 heavy (non-hydrogen) atoms. The summed E-state index contributed by atoms with van der Waals surface area (Å²) in [5.41, 5.74) is 0.660. The third kappa shape index (κ3) is 5.01. The lowest BCUT2D eigenvalue weighted by Gasteiger charge is -2.36. The standard InChI is InChI=1S/C25H23F3N6O2/c26-25(27,28)21-7-6-18-22(32-21)19(17-4-2-1-3-5-17)16-30-23(18)34-14-12-33(13-15-34)11-10-29-24(35)20-8-9-31-36-20/h1-9,16H,10-15H2,(H,29,35). The van der Waals surface area contributed by atoms with Crippen molar-refractivity contribution >= 4 is 22.6 Å². The van der Waals surface area contributed by atoms with Crippen LogP contribution in [0.1, 0.15) is 16.2 Å². The average Bonchev–Trinajstić information content (AvgIpc) is 3.43. The number of benzene rings is 1. The van der Waals surface area contributed by atoms with E-state index in [1.807, 2.05) is 30.3 Å². The van der Waals surface area contributed by atoms with Crippen LogP contribution in [0.3, 0.4) is 0 Å². The highest BCUT2D eigenvalue weighted by molar-refractivity contribution is 5.99. The fourth-order valence-electron chi connectivity index (χ4n) is 4.27. The van der Waals surface area contributed by atoms with Crippen molar-refractivity contribution in [2.24, 2.45) is 0 Å². The Hall–Kier alpha value is -3.99. The number of carbonyl (C=O) groups excluding carboxylic acids is 1. The number of hydrogen-bond acceptors (Lipinski definition) is 7. The molecule has 0 unspecified atom stereocenters. The van der Waals surface area contributed by atoms with Crippen LogP contribution in [0.25, 0.3) is 22.0 Å². The van der Waals surface area contributed by atoms with E-state index >= 15 is 0 Å². The Balaban J connectivity index is 1.32. The molecule has 1 N–H and O–H groups in total. The minimum Gasteiger partial charge on any atom is -0.353 e. The van der Waals surface area contributed by atoms with Crippen molar-refractivity contribution in [1.29, 1.82) is 0 Å². The number of anilines is 1. The monoisotopic (exact) mass is 496 g/mol. The van der Waals surface area contributed by atoms with E-state index in [0.717, 1.165) is 24.7 Å². The maximum absolute atomic E-state index is 13.5. The maximum atomic E-state index is 13.5. The summed E-state index contributed by atoms with van der Waals surface area (Å²) in [4.78, 5) is 24.9. The molecule has 3 aromatic heterocycles. The van der Waals surface area contributed by atoms with Gasteiger partial charge in [0.2, 0.25) is 5.76 Å². The second-order valence-electron chi connectivity index (χ2n) is 8.41. The van der Waals surface area contributed by atoms with Crippen LogP contribution in [0.5, 0.6) is 0 Å². The highest BCUT2D eigenvalue weighted by Gasteiger charge is 2.33. The van der Waals surface area contributed by atoms with Crippen molar-refractivity contribution in [3.05, 3.63) is 72.4 Å². The number of piperazine rings is 1. The molecule has 4 aromatic rings. The van der Waals surface area contributed by atoms with Crippen molar-refractivity contribution in [2.75, 3.05) is 44.2 Å². The summed E-state index contributed by atoms with van der Waals surface area (Å²) in [5, 5.41) is 6.90. The van der Waals surface area contributed by atoms with Crippen molar-refractivity contribution < 1.29 is 22.5 Å². The number of nitrogens with zero attached hydrogens (tertiary/aromatic N) is 5. The van der Waals surface area contributed by atoms with E-state index in [9.17, 15) is 18.0 Å². The summed E-state index contributed by atoms with van der Waals surface area (Å²) in [6.07, 6.45) is -1.52. The van der Waals surface area contributed by atoms with E-state index in [1.54, 1.807) is 6.20 Å². The molecule has 1 fully saturated rings. The first-order valence-electron chi connectivity index (χ1n) is 11.5. The predicted molar refractivity (Wildman–Crippen MR) is 127 cm³/mol. The van der Waals surface area contributed by atoms with Gasteiger partial charge in [-0.25, -0.2) is 9.97 Å². The molecule has 5 rings (SSSR count). The molecule has 1 aliphatic heterocycles. The summed E-state index contributed by atoms with van der Waals surface area (Å²) < 4.78 is 45.2. The van der Waals surface area contributed by atoms with Gasteiger partial charge in [-0.15, -0.1) is 0 Å². The first-order chi connectivity index (χ1) is 17.4. The molecule has 1 saturated heterocycles. The van der Waals surface area contributed by atoms with Crippen LogP contribution in [0, 0.1) is 0 Å². The number of alkyl halides is 3. The van der Waals surface area contributed by atoms with Crippen molar-refractivity contribution in [2.45, 2.75) is 6.18 Å². The average molecular weight is 496 g/mol. The summed E-state index contributed by atoms with van der Waals surface area (Å²) in [6, 6.07) is 13.1.